The predicted octanol–water partition coefficient (Wildman–Crippen LogP) is 3.29. The number of ether oxygens (including phenoxy) is 1. The normalized spacial score (nSPS) is 17.1. The van der Waals surface area contributed by atoms with Crippen molar-refractivity contribution < 1.29 is 9.10 Å². The fourth-order valence-electron chi connectivity index (χ4n) is 1.42. The van der Waals surface area contributed by atoms with E-state index in [4.69, 9.17) is 27.9 Å². The van der Waals surface area contributed by atoms with E-state index in [0.717, 1.165) is 32.2 Å². The minimum absolute atomic E-state index is 0.586. The van der Waals surface area contributed by atoms with Crippen molar-refractivity contribution >= 4 is 23.2 Å². The third-order valence-corrected chi connectivity index (χ3v) is 2.91. The van der Waals surface area contributed by atoms with Gasteiger partial charge in [0.25, 0.3) is 5.75 Å². The van der Waals surface area contributed by atoms with Crippen LogP contribution in [0.3, 0.4) is 0 Å². The lowest BCUT2D eigenvalue weighted by molar-refractivity contribution is -0.142. The van der Waals surface area contributed by atoms with Crippen LogP contribution < -0.4 is 0 Å². The second kappa shape index (κ2) is 4.39. The zero-order valence-electron chi connectivity index (χ0n) is 7.63. The van der Waals surface area contributed by atoms with Crippen molar-refractivity contribution in [3.63, 3.8) is 0 Å². The van der Waals surface area contributed by atoms with Crippen LogP contribution in [-0.4, -0.2) is 26.4 Å². The molecule has 1 aromatic carbocycles. The highest BCUT2D eigenvalue weighted by molar-refractivity contribution is 6.42. The average molecular weight is 234 g/mol. The van der Waals surface area contributed by atoms with Gasteiger partial charge >= 0.3 is 0 Å². The van der Waals surface area contributed by atoms with E-state index in [9.17, 15) is 0 Å². The largest absolute Gasteiger partial charge is 0.569 e. The van der Waals surface area contributed by atoms with E-state index in [-0.39, 0.29) is 0 Å². The van der Waals surface area contributed by atoms with Crippen LogP contribution in [-0.2, 0) is 9.10 Å². The van der Waals surface area contributed by atoms with E-state index in [2.05, 4.69) is 4.37 Å². The van der Waals surface area contributed by atoms with E-state index in [1.54, 1.807) is 0 Å². The predicted molar refractivity (Wildman–Crippen MR) is 57.5 cm³/mol. The molecule has 76 valence electrons. The van der Waals surface area contributed by atoms with Crippen LogP contribution in [0.25, 0.3) is 0 Å². The molecule has 2 rings (SSSR count). The van der Waals surface area contributed by atoms with Crippen LogP contribution in [0.15, 0.2) is 18.2 Å². The Morgan fingerprint density at radius 3 is 2.43 bits per heavy atom. The fraction of sp³-hybridized carbons (Fsp3) is 0.400. The lowest BCUT2D eigenvalue weighted by Crippen LogP contribution is -2.25. The quantitative estimate of drug-likeness (QED) is 0.679. The molecule has 4 heteroatoms. The van der Waals surface area contributed by atoms with Gasteiger partial charge in [0.15, 0.2) is 13.2 Å². The SMILES string of the molecule is Clc1ccc([O+]2CCOCC2)cc1Cl. The minimum atomic E-state index is 0.586. The van der Waals surface area contributed by atoms with E-state index in [0.29, 0.717) is 10.0 Å². The molecule has 0 unspecified atom stereocenters. The van der Waals surface area contributed by atoms with Gasteiger partial charge in [-0.05, 0) is 6.07 Å². The van der Waals surface area contributed by atoms with Gasteiger partial charge < -0.3 is 9.10 Å². The monoisotopic (exact) mass is 233 g/mol. The van der Waals surface area contributed by atoms with Crippen molar-refractivity contribution in [1.82, 2.24) is 0 Å². The molecule has 0 bridgehead atoms. The van der Waals surface area contributed by atoms with Crippen LogP contribution in [0.5, 0.6) is 5.75 Å². The van der Waals surface area contributed by atoms with Crippen molar-refractivity contribution in [3.8, 4) is 5.75 Å². The van der Waals surface area contributed by atoms with Crippen molar-refractivity contribution in [2.75, 3.05) is 26.4 Å². The molecule has 1 saturated heterocycles. The van der Waals surface area contributed by atoms with E-state index >= 15 is 0 Å². The Hall–Kier alpha value is -0.440. The van der Waals surface area contributed by atoms with Gasteiger partial charge in [0.2, 0.25) is 0 Å². The first-order valence-electron chi connectivity index (χ1n) is 4.47. The fourth-order valence-corrected chi connectivity index (χ4v) is 1.70. The lowest BCUT2D eigenvalue weighted by Gasteiger charge is -2.27. The molecule has 1 fully saturated rings. The topological polar surface area (TPSA) is 11.9 Å². The van der Waals surface area contributed by atoms with Gasteiger partial charge in [0.1, 0.15) is 13.2 Å². The molecular formula is C10H11Cl2O2+. The Labute approximate surface area is 93.0 Å². The molecule has 0 radical (unpaired) electrons. The highest BCUT2D eigenvalue weighted by atomic mass is 35.5. The highest BCUT2D eigenvalue weighted by Crippen LogP contribution is 2.32. The molecule has 14 heavy (non-hydrogen) atoms. The summed E-state index contributed by atoms with van der Waals surface area (Å²) in [5.41, 5.74) is 0. The Bertz CT molecular complexity index is 322. The molecular weight excluding hydrogens is 223 g/mol. The first-order valence-corrected chi connectivity index (χ1v) is 5.23. The van der Waals surface area contributed by atoms with Gasteiger partial charge in [-0.3, -0.25) is 0 Å². The van der Waals surface area contributed by atoms with E-state index in [1.165, 1.54) is 0 Å². The summed E-state index contributed by atoms with van der Waals surface area (Å²) in [7, 11) is 0. The zero-order valence-corrected chi connectivity index (χ0v) is 9.14. The van der Waals surface area contributed by atoms with Crippen LogP contribution in [0.1, 0.15) is 0 Å². The van der Waals surface area contributed by atoms with Crippen molar-refractivity contribution in [1.29, 1.82) is 0 Å². The number of rotatable bonds is 1. The van der Waals surface area contributed by atoms with Crippen molar-refractivity contribution in [3.05, 3.63) is 28.2 Å². The third-order valence-electron chi connectivity index (χ3n) is 2.17. The minimum Gasteiger partial charge on any atom is -0.569 e. The molecule has 1 aliphatic heterocycles. The van der Waals surface area contributed by atoms with Crippen molar-refractivity contribution in [2.24, 2.45) is 0 Å². The second-order valence-corrected chi connectivity index (χ2v) is 3.90. The molecule has 1 aliphatic rings. The van der Waals surface area contributed by atoms with Gasteiger partial charge in [0, 0.05) is 6.07 Å². The first kappa shape index (κ1) is 10.1. The highest BCUT2D eigenvalue weighted by Gasteiger charge is 2.17. The van der Waals surface area contributed by atoms with Crippen molar-refractivity contribution in [2.45, 2.75) is 0 Å². The Morgan fingerprint density at radius 2 is 1.79 bits per heavy atom. The van der Waals surface area contributed by atoms with Gasteiger partial charge in [-0.2, -0.15) is 0 Å². The summed E-state index contributed by atoms with van der Waals surface area (Å²) >= 11 is 11.8. The van der Waals surface area contributed by atoms with Crippen LogP contribution in [0, 0.1) is 0 Å². The molecule has 0 aliphatic carbocycles. The molecule has 0 spiro atoms. The summed E-state index contributed by atoms with van der Waals surface area (Å²) < 4.78 is 8.33. The molecule has 0 amide bonds. The second-order valence-electron chi connectivity index (χ2n) is 3.09. The molecule has 1 aromatic rings. The van der Waals surface area contributed by atoms with Crippen LogP contribution in [0.4, 0.5) is 0 Å². The molecule has 1 heterocycles. The van der Waals surface area contributed by atoms with Crippen LogP contribution >= 0.6 is 23.2 Å². The standard InChI is InChI=1S/C10H11Cl2O2/c11-9-2-1-8(7-10(9)12)14-5-3-13-4-6-14/h1-2,7H,3-6H2/q+1. The molecule has 0 saturated carbocycles. The lowest BCUT2D eigenvalue weighted by atomic mass is 10.3. The maximum absolute atomic E-state index is 5.93. The summed E-state index contributed by atoms with van der Waals surface area (Å²) in [6.45, 7) is 3.14. The maximum atomic E-state index is 5.93. The van der Waals surface area contributed by atoms with E-state index in [1.807, 2.05) is 18.2 Å². The van der Waals surface area contributed by atoms with Gasteiger partial charge in [-0.25, -0.2) is 0 Å². The molecule has 2 nitrogen and oxygen atoms in total. The molecule has 0 N–H and O–H groups in total. The number of halogens is 2. The van der Waals surface area contributed by atoms with Gasteiger partial charge in [-0.1, -0.05) is 23.2 Å². The van der Waals surface area contributed by atoms with Crippen LogP contribution in [0.2, 0.25) is 10.0 Å². The average Bonchev–Trinajstić information content (AvgIpc) is 2.23. The molecule has 0 aromatic heterocycles. The summed E-state index contributed by atoms with van der Waals surface area (Å²) in [6.07, 6.45) is 0. The Morgan fingerprint density at radius 1 is 1.07 bits per heavy atom. The maximum Gasteiger partial charge on any atom is 0.257 e. The summed E-state index contributed by atoms with van der Waals surface area (Å²) in [6, 6.07) is 5.62. The number of hydrogen-bond donors (Lipinski definition) is 0. The van der Waals surface area contributed by atoms with Gasteiger partial charge in [-0.15, -0.1) is 0 Å². The number of hydrogen-bond acceptors (Lipinski definition) is 1. The van der Waals surface area contributed by atoms with Gasteiger partial charge in [0.05, 0.1) is 16.1 Å². The smallest absolute Gasteiger partial charge is 0.257 e. The Kier molecular flexibility index (Phi) is 3.16. The summed E-state index contributed by atoms with van der Waals surface area (Å²) in [5, 5.41) is 1.17. The first-order chi connectivity index (χ1) is 6.77. The Balaban J connectivity index is 2.18. The summed E-state index contributed by atoms with van der Waals surface area (Å²) in [5.74, 6) is 1.03. The summed E-state index contributed by atoms with van der Waals surface area (Å²) in [4.78, 5) is 0. The van der Waals surface area contributed by atoms with E-state index < -0.39 is 0 Å². The molecule has 0 atom stereocenters. The third kappa shape index (κ3) is 2.14. The zero-order chi connectivity index (χ0) is 9.97. The number of benzene rings is 1.